The molecule has 2 amide bonds. The lowest BCUT2D eigenvalue weighted by Crippen LogP contribution is -2.48. The van der Waals surface area contributed by atoms with E-state index in [0.717, 1.165) is 10.0 Å². The number of nitrogens with zero attached hydrogens (tertiary/aromatic N) is 2. The Labute approximate surface area is 157 Å². The van der Waals surface area contributed by atoms with Crippen LogP contribution in [0.2, 0.25) is 0 Å². The molecule has 0 aliphatic carbocycles. The van der Waals surface area contributed by atoms with Crippen LogP contribution >= 0.6 is 15.9 Å². The van der Waals surface area contributed by atoms with Crippen molar-refractivity contribution in [3.05, 3.63) is 40.5 Å². The summed E-state index contributed by atoms with van der Waals surface area (Å²) in [5, 5.41) is 2.76. The van der Waals surface area contributed by atoms with Crippen molar-refractivity contribution in [1.29, 1.82) is 0 Å². The van der Waals surface area contributed by atoms with Gasteiger partial charge in [-0.2, -0.15) is 0 Å². The summed E-state index contributed by atoms with van der Waals surface area (Å²) < 4.78 is 24.5. The number of sulfone groups is 1. The zero-order valence-electron chi connectivity index (χ0n) is 14.5. The smallest absolute Gasteiger partial charge is 0.319 e. The summed E-state index contributed by atoms with van der Waals surface area (Å²) in [4.78, 5) is 16.1. The minimum absolute atomic E-state index is 0.0459. The molecule has 0 aromatic heterocycles. The van der Waals surface area contributed by atoms with Gasteiger partial charge in [0.2, 0.25) is 0 Å². The number of benzene rings is 1. The first kappa shape index (κ1) is 19.9. The van der Waals surface area contributed by atoms with Gasteiger partial charge in [0.25, 0.3) is 0 Å². The van der Waals surface area contributed by atoms with E-state index in [9.17, 15) is 13.2 Å². The molecular weight excluding hydrogens is 406 g/mol. The summed E-state index contributed by atoms with van der Waals surface area (Å²) in [6.45, 7) is 1.17. The molecule has 1 heterocycles. The van der Waals surface area contributed by atoms with Crippen molar-refractivity contribution in [2.45, 2.75) is 12.5 Å². The van der Waals surface area contributed by atoms with E-state index in [1.807, 2.05) is 43.3 Å². The number of carbonyl (C=O) groups is 1. The highest BCUT2D eigenvalue weighted by atomic mass is 79.9. The zero-order chi connectivity index (χ0) is 18.4. The molecule has 6 nitrogen and oxygen atoms in total. The Kier molecular flexibility index (Phi) is 7.04. The van der Waals surface area contributed by atoms with Crippen molar-refractivity contribution in [3.63, 3.8) is 0 Å². The van der Waals surface area contributed by atoms with Gasteiger partial charge in [0.05, 0.1) is 11.5 Å². The Hall–Kier alpha value is -1.38. The van der Waals surface area contributed by atoms with Crippen molar-refractivity contribution < 1.29 is 13.2 Å². The predicted molar refractivity (Wildman–Crippen MR) is 104 cm³/mol. The first-order valence-corrected chi connectivity index (χ1v) is 10.7. The maximum atomic E-state index is 12.5. The third-order valence-electron chi connectivity index (χ3n) is 4.05. The lowest BCUT2D eigenvalue weighted by molar-refractivity contribution is 0.176. The Bertz CT molecular complexity index is 717. The average molecular weight is 430 g/mol. The third-order valence-corrected chi connectivity index (χ3v) is 6.33. The monoisotopic (exact) mass is 429 g/mol. The molecule has 25 heavy (non-hydrogen) atoms. The number of hydrogen-bond donors (Lipinski definition) is 1. The Morgan fingerprint density at radius 1 is 1.28 bits per heavy atom. The minimum atomic E-state index is -3.04. The second kappa shape index (κ2) is 8.82. The maximum absolute atomic E-state index is 12.5. The maximum Gasteiger partial charge on any atom is 0.321 e. The molecule has 138 valence electrons. The van der Waals surface area contributed by atoms with Gasteiger partial charge in [0, 0.05) is 29.8 Å². The van der Waals surface area contributed by atoms with Crippen molar-refractivity contribution in [3.8, 4) is 0 Å². The van der Waals surface area contributed by atoms with Crippen LogP contribution in [0.3, 0.4) is 0 Å². The van der Waals surface area contributed by atoms with Gasteiger partial charge in [-0.05, 0) is 44.3 Å². The number of halogens is 1. The number of likely N-dealkylation sites (N-methyl/N-ethyl adjacent to an activating group) is 1. The van der Waals surface area contributed by atoms with Crippen molar-refractivity contribution in [1.82, 2.24) is 15.1 Å². The number of rotatable bonds is 6. The lowest BCUT2D eigenvalue weighted by Gasteiger charge is -2.29. The highest BCUT2D eigenvalue weighted by Crippen LogP contribution is 2.18. The van der Waals surface area contributed by atoms with Gasteiger partial charge in [-0.15, -0.1) is 0 Å². The van der Waals surface area contributed by atoms with Gasteiger partial charge in [-0.25, -0.2) is 13.2 Å². The molecule has 1 unspecified atom stereocenters. The van der Waals surface area contributed by atoms with E-state index >= 15 is 0 Å². The minimum Gasteiger partial charge on any atom is -0.319 e. The first-order valence-electron chi connectivity index (χ1n) is 8.11. The Morgan fingerprint density at radius 3 is 2.52 bits per heavy atom. The largest absolute Gasteiger partial charge is 0.321 e. The molecule has 1 saturated heterocycles. The third kappa shape index (κ3) is 6.45. The molecule has 1 fully saturated rings. The molecular formula is C17H24BrN3O3S. The lowest BCUT2D eigenvalue weighted by atomic mass is 10.2. The van der Waals surface area contributed by atoms with Gasteiger partial charge < -0.3 is 15.1 Å². The van der Waals surface area contributed by atoms with E-state index in [1.54, 1.807) is 17.2 Å². The van der Waals surface area contributed by atoms with Crippen LogP contribution in [0, 0.1) is 0 Å². The quantitative estimate of drug-likeness (QED) is 0.751. The molecule has 1 N–H and O–H groups in total. The van der Waals surface area contributed by atoms with Crippen molar-refractivity contribution in [2.75, 3.05) is 38.7 Å². The standard InChI is InChI=1S/C17H24BrN3O3S/c1-20(2)10-11-21(16-8-12-25(23,24)13-16)17(22)19-9-7-14-3-5-15(18)6-4-14/h3-7,9,16H,8,10-13H2,1-2H3,(H,19,22)/b9-7+. The Morgan fingerprint density at radius 2 is 1.96 bits per heavy atom. The fourth-order valence-electron chi connectivity index (χ4n) is 2.64. The average Bonchev–Trinajstić information content (AvgIpc) is 2.89. The van der Waals surface area contributed by atoms with Gasteiger partial charge in [-0.1, -0.05) is 28.1 Å². The Balaban J connectivity index is 2.00. The van der Waals surface area contributed by atoms with Crippen molar-refractivity contribution >= 4 is 37.9 Å². The van der Waals surface area contributed by atoms with Crippen molar-refractivity contribution in [2.24, 2.45) is 0 Å². The molecule has 1 aliphatic rings. The molecule has 1 aliphatic heterocycles. The van der Waals surface area contributed by atoms with Crippen LogP contribution < -0.4 is 5.32 Å². The van der Waals surface area contributed by atoms with E-state index in [0.29, 0.717) is 19.5 Å². The summed E-state index contributed by atoms with van der Waals surface area (Å²) in [5.74, 6) is 0.197. The summed E-state index contributed by atoms with van der Waals surface area (Å²) >= 11 is 3.38. The van der Waals surface area contributed by atoms with Crippen LogP contribution in [0.25, 0.3) is 6.08 Å². The van der Waals surface area contributed by atoms with Crippen LogP contribution in [0.5, 0.6) is 0 Å². The number of hydrogen-bond acceptors (Lipinski definition) is 4. The molecule has 0 saturated carbocycles. The van der Waals surface area contributed by atoms with Gasteiger partial charge in [-0.3, -0.25) is 0 Å². The summed E-state index contributed by atoms with van der Waals surface area (Å²) in [5.41, 5.74) is 0.965. The highest BCUT2D eigenvalue weighted by molar-refractivity contribution is 9.10. The van der Waals surface area contributed by atoms with E-state index in [-0.39, 0.29) is 23.6 Å². The molecule has 0 spiro atoms. The van der Waals surface area contributed by atoms with Crippen LogP contribution in [0.15, 0.2) is 34.9 Å². The fourth-order valence-corrected chi connectivity index (χ4v) is 4.64. The number of nitrogens with one attached hydrogen (secondary N) is 1. The van der Waals surface area contributed by atoms with Gasteiger partial charge >= 0.3 is 6.03 Å². The van der Waals surface area contributed by atoms with E-state index in [2.05, 4.69) is 21.2 Å². The summed E-state index contributed by atoms with van der Waals surface area (Å²) in [6.07, 6.45) is 3.90. The summed E-state index contributed by atoms with van der Waals surface area (Å²) in [6, 6.07) is 7.19. The molecule has 0 bridgehead atoms. The molecule has 2 rings (SSSR count). The first-order chi connectivity index (χ1) is 11.8. The SMILES string of the molecule is CN(C)CCN(C(=O)N/C=C/c1ccc(Br)cc1)C1CCS(=O)(=O)C1. The zero-order valence-corrected chi connectivity index (χ0v) is 16.9. The van der Waals surface area contributed by atoms with Crippen LogP contribution in [-0.4, -0.2) is 69.0 Å². The van der Waals surface area contributed by atoms with Crippen LogP contribution in [0.1, 0.15) is 12.0 Å². The fraction of sp³-hybridized carbons (Fsp3) is 0.471. The molecule has 1 aromatic carbocycles. The number of carbonyl (C=O) groups excluding carboxylic acids is 1. The number of urea groups is 1. The number of amides is 2. The normalized spacial score (nSPS) is 19.4. The molecule has 1 atom stereocenters. The highest BCUT2D eigenvalue weighted by Gasteiger charge is 2.34. The van der Waals surface area contributed by atoms with E-state index in [1.165, 1.54) is 0 Å². The van der Waals surface area contributed by atoms with E-state index < -0.39 is 9.84 Å². The second-order valence-electron chi connectivity index (χ2n) is 6.39. The van der Waals surface area contributed by atoms with Crippen LogP contribution in [0.4, 0.5) is 4.79 Å². The van der Waals surface area contributed by atoms with Crippen LogP contribution in [-0.2, 0) is 9.84 Å². The molecule has 8 heteroatoms. The molecule has 0 radical (unpaired) electrons. The van der Waals surface area contributed by atoms with Gasteiger partial charge in [0.15, 0.2) is 9.84 Å². The summed E-state index contributed by atoms with van der Waals surface area (Å²) in [7, 11) is 0.813. The second-order valence-corrected chi connectivity index (χ2v) is 9.53. The molecule has 1 aromatic rings. The van der Waals surface area contributed by atoms with Gasteiger partial charge in [0.1, 0.15) is 0 Å². The van der Waals surface area contributed by atoms with E-state index in [4.69, 9.17) is 0 Å². The topological polar surface area (TPSA) is 69.7 Å². The predicted octanol–water partition coefficient (Wildman–Crippen LogP) is 2.18.